The zero-order valence-corrected chi connectivity index (χ0v) is 13.5. The van der Waals surface area contributed by atoms with E-state index in [-0.39, 0.29) is 5.41 Å². The number of fused-ring (bicyclic) bond motifs is 2. The fourth-order valence-corrected chi connectivity index (χ4v) is 5.35. The topological polar surface area (TPSA) is 37.3 Å². The molecule has 0 spiro atoms. The van der Waals surface area contributed by atoms with Gasteiger partial charge in [-0.2, -0.15) is 0 Å². The van der Waals surface area contributed by atoms with E-state index in [1.165, 1.54) is 0 Å². The van der Waals surface area contributed by atoms with Crippen molar-refractivity contribution in [3.05, 3.63) is 12.2 Å². The first-order chi connectivity index (χ1) is 8.19. The fourth-order valence-electron chi connectivity index (χ4n) is 3.57. The van der Waals surface area contributed by atoms with E-state index in [1.807, 2.05) is 6.92 Å². The van der Waals surface area contributed by atoms with E-state index in [0.717, 1.165) is 25.7 Å². The highest BCUT2D eigenvalue weighted by molar-refractivity contribution is 7.64. The van der Waals surface area contributed by atoms with Crippen LogP contribution < -0.4 is 0 Å². The van der Waals surface area contributed by atoms with Gasteiger partial charge in [0.15, 0.2) is 0 Å². The molecule has 0 saturated heterocycles. The number of carboxylic acid groups (broad SMARTS) is 1. The summed E-state index contributed by atoms with van der Waals surface area (Å²) in [6.07, 6.45) is 7.56. The Hall–Kier alpha value is 0.297. The maximum absolute atomic E-state index is 11.6. The summed E-state index contributed by atoms with van der Waals surface area (Å²) >= 11 is 17.7. The standard InChI is InChI=1S/C12H17Cl3O2Si/c1-11(10(16)17)7-9-3-5-12(11,8-9)4-2-6-18(13,14)15/h3,5,9H,2,4,6-8H2,1H3,(H,16,17). The van der Waals surface area contributed by atoms with Gasteiger partial charge in [0, 0.05) is 5.41 Å². The van der Waals surface area contributed by atoms with Crippen LogP contribution in [0.25, 0.3) is 0 Å². The van der Waals surface area contributed by atoms with Crippen LogP contribution in [-0.4, -0.2) is 17.1 Å². The molecule has 0 heterocycles. The summed E-state index contributed by atoms with van der Waals surface area (Å²) in [5, 5.41) is 9.52. The third-order valence-electron chi connectivity index (χ3n) is 4.64. The maximum Gasteiger partial charge on any atom is 0.341 e. The van der Waals surface area contributed by atoms with Gasteiger partial charge in [-0.1, -0.05) is 18.6 Å². The zero-order chi connectivity index (χ0) is 13.6. The van der Waals surface area contributed by atoms with Crippen LogP contribution in [-0.2, 0) is 4.79 Å². The molecule has 2 rings (SSSR count). The normalized spacial score (nSPS) is 38.3. The van der Waals surface area contributed by atoms with Crippen LogP contribution in [0, 0.1) is 16.7 Å². The smallest absolute Gasteiger partial charge is 0.341 e. The molecule has 18 heavy (non-hydrogen) atoms. The van der Waals surface area contributed by atoms with E-state index in [0.29, 0.717) is 12.0 Å². The van der Waals surface area contributed by atoms with Crippen LogP contribution >= 0.6 is 33.2 Å². The largest absolute Gasteiger partial charge is 0.481 e. The fraction of sp³-hybridized carbons (Fsp3) is 0.750. The molecular formula is C12H17Cl3O2Si. The molecule has 1 fully saturated rings. The van der Waals surface area contributed by atoms with E-state index in [9.17, 15) is 9.90 Å². The zero-order valence-electron chi connectivity index (χ0n) is 10.3. The number of hydrogen-bond donors (Lipinski definition) is 1. The quantitative estimate of drug-likeness (QED) is 0.459. The molecule has 0 amide bonds. The first kappa shape index (κ1) is 14.7. The molecule has 0 aromatic rings. The van der Waals surface area contributed by atoms with Crippen molar-refractivity contribution >= 4 is 45.2 Å². The molecule has 0 aliphatic heterocycles. The first-order valence-electron chi connectivity index (χ1n) is 6.18. The van der Waals surface area contributed by atoms with Gasteiger partial charge in [0.2, 0.25) is 0 Å². The Kier molecular flexibility index (Phi) is 3.83. The molecule has 1 saturated carbocycles. The Labute approximate surface area is 122 Å². The third kappa shape index (κ3) is 2.47. The second kappa shape index (κ2) is 4.69. The van der Waals surface area contributed by atoms with Gasteiger partial charge in [-0.15, -0.1) is 33.2 Å². The molecule has 3 unspecified atom stereocenters. The van der Waals surface area contributed by atoms with Crippen LogP contribution in [0.3, 0.4) is 0 Å². The SMILES string of the molecule is CC1(C(=O)O)CC2C=CC1(CCC[Si](Cl)(Cl)Cl)C2. The van der Waals surface area contributed by atoms with Crippen LogP contribution in [0.5, 0.6) is 0 Å². The lowest BCUT2D eigenvalue weighted by Gasteiger charge is -2.39. The molecule has 102 valence electrons. The van der Waals surface area contributed by atoms with Gasteiger partial charge in [-0.3, -0.25) is 4.79 Å². The molecule has 1 N–H and O–H groups in total. The minimum absolute atomic E-state index is 0.228. The van der Waals surface area contributed by atoms with Crippen molar-refractivity contribution in [3.63, 3.8) is 0 Å². The number of aliphatic carboxylic acids is 1. The summed E-state index contributed by atoms with van der Waals surface area (Å²) in [6, 6.07) is -1.98. The van der Waals surface area contributed by atoms with E-state index in [2.05, 4.69) is 12.2 Å². The second-order valence-electron chi connectivity index (χ2n) is 5.79. The first-order valence-corrected chi connectivity index (χ1v) is 11.4. The van der Waals surface area contributed by atoms with Gasteiger partial charge in [0.05, 0.1) is 5.41 Å². The summed E-state index contributed by atoms with van der Waals surface area (Å²) in [6.45, 7) is 1.87. The lowest BCUT2D eigenvalue weighted by atomic mass is 9.64. The Morgan fingerprint density at radius 3 is 2.61 bits per heavy atom. The third-order valence-corrected chi connectivity index (χ3v) is 7.26. The molecule has 2 aliphatic rings. The van der Waals surface area contributed by atoms with Crippen LogP contribution in [0.4, 0.5) is 0 Å². The van der Waals surface area contributed by atoms with E-state index >= 15 is 0 Å². The van der Waals surface area contributed by atoms with Crippen molar-refractivity contribution < 1.29 is 9.90 Å². The minimum atomic E-state index is -2.59. The number of carbonyl (C=O) groups is 1. The van der Waals surface area contributed by atoms with Gasteiger partial charge in [-0.05, 0) is 38.1 Å². The van der Waals surface area contributed by atoms with E-state index in [4.69, 9.17) is 33.2 Å². The van der Waals surface area contributed by atoms with Gasteiger partial charge in [0.25, 0.3) is 0 Å². The van der Waals surface area contributed by atoms with Crippen LogP contribution in [0.15, 0.2) is 12.2 Å². The van der Waals surface area contributed by atoms with Gasteiger partial charge in [-0.25, -0.2) is 0 Å². The van der Waals surface area contributed by atoms with Gasteiger partial charge < -0.3 is 5.11 Å². The van der Waals surface area contributed by atoms with E-state index in [1.54, 1.807) is 0 Å². The predicted molar refractivity (Wildman–Crippen MR) is 77.4 cm³/mol. The number of halogens is 3. The molecular weight excluding hydrogens is 311 g/mol. The summed E-state index contributed by atoms with van der Waals surface area (Å²) in [4.78, 5) is 11.6. The molecule has 0 radical (unpaired) electrons. The molecule has 0 aromatic carbocycles. The van der Waals surface area contributed by atoms with Crippen LogP contribution in [0.1, 0.15) is 32.6 Å². The summed E-state index contributed by atoms with van der Waals surface area (Å²) in [5.41, 5.74) is -0.880. The number of carboxylic acids is 1. The average molecular weight is 328 g/mol. The highest BCUT2D eigenvalue weighted by Gasteiger charge is 2.60. The number of rotatable bonds is 5. The Morgan fingerprint density at radius 2 is 2.11 bits per heavy atom. The second-order valence-corrected chi connectivity index (χ2v) is 15.1. The monoisotopic (exact) mass is 326 g/mol. The number of hydrogen-bond acceptors (Lipinski definition) is 1. The maximum atomic E-state index is 11.6. The number of allylic oxidation sites excluding steroid dienone is 2. The molecule has 2 aliphatic carbocycles. The van der Waals surface area contributed by atoms with Crippen molar-refractivity contribution in [2.45, 2.75) is 38.7 Å². The van der Waals surface area contributed by atoms with Crippen molar-refractivity contribution in [2.75, 3.05) is 0 Å². The molecule has 2 nitrogen and oxygen atoms in total. The van der Waals surface area contributed by atoms with Crippen LogP contribution in [0.2, 0.25) is 6.04 Å². The van der Waals surface area contributed by atoms with Crippen molar-refractivity contribution in [1.82, 2.24) is 0 Å². The van der Waals surface area contributed by atoms with E-state index < -0.39 is 17.4 Å². The van der Waals surface area contributed by atoms with Crippen molar-refractivity contribution in [2.24, 2.45) is 16.7 Å². The van der Waals surface area contributed by atoms with Gasteiger partial charge >= 0.3 is 12.0 Å². The molecule has 2 bridgehead atoms. The Bertz CT molecular complexity index is 393. The Morgan fingerprint density at radius 1 is 1.44 bits per heavy atom. The molecule has 3 atom stereocenters. The summed E-state index contributed by atoms with van der Waals surface area (Å²) in [5.74, 6) is -0.281. The molecule has 6 heteroatoms. The highest BCUT2D eigenvalue weighted by Crippen LogP contribution is 2.63. The predicted octanol–water partition coefficient (Wildman–Crippen LogP) is 4.48. The molecule has 0 aromatic heterocycles. The van der Waals surface area contributed by atoms with Crippen molar-refractivity contribution in [3.8, 4) is 0 Å². The van der Waals surface area contributed by atoms with Crippen molar-refractivity contribution in [1.29, 1.82) is 0 Å². The summed E-state index contributed by atoms with van der Waals surface area (Å²) < 4.78 is 0. The average Bonchev–Trinajstić information content (AvgIpc) is 2.71. The Balaban J connectivity index is 2.09. The lowest BCUT2D eigenvalue weighted by Crippen LogP contribution is -2.41. The summed E-state index contributed by atoms with van der Waals surface area (Å²) in [7, 11) is 0. The minimum Gasteiger partial charge on any atom is -0.481 e. The lowest BCUT2D eigenvalue weighted by molar-refractivity contribution is -0.153. The van der Waals surface area contributed by atoms with Gasteiger partial charge in [0.1, 0.15) is 0 Å². The highest BCUT2D eigenvalue weighted by atomic mass is 35.8.